The molecule has 0 radical (unpaired) electrons. The van der Waals surface area contributed by atoms with E-state index in [9.17, 15) is 9.90 Å². The van der Waals surface area contributed by atoms with Gasteiger partial charge in [-0.3, -0.25) is 9.78 Å². The number of hydrogen-bond donors (Lipinski definition) is 2. The molecule has 4 nitrogen and oxygen atoms in total. The second kappa shape index (κ2) is 5.70. The van der Waals surface area contributed by atoms with Gasteiger partial charge in [0.1, 0.15) is 0 Å². The highest BCUT2D eigenvalue weighted by Gasteiger charge is 2.33. The van der Waals surface area contributed by atoms with Gasteiger partial charge < -0.3 is 10.4 Å². The third-order valence-electron chi connectivity index (χ3n) is 3.82. The molecule has 4 heteroatoms. The average molecular weight is 262 g/mol. The number of aliphatic hydroxyl groups is 1. The van der Waals surface area contributed by atoms with Crippen molar-refractivity contribution in [3.63, 3.8) is 0 Å². The van der Waals surface area contributed by atoms with Gasteiger partial charge in [0, 0.05) is 23.0 Å². The molecule has 2 N–H and O–H groups in total. The van der Waals surface area contributed by atoms with Gasteiger partial charge in [-0.05, 0) is 51.2 Å². The Labute approximate surface area is 114 Å². The Morgan fingerprint density at radius 2 is 2.00 bits per heavy atom. The first kappa shape index (κ1) is 14.0. The summed E-state index contributed by atoms with van der Waals surface area (Å²) >= 11 is 0. The maximum Gasteiger partial charge on any atom is 0.251 e. The predicted octanol–water partition coefficient (Wildman–Crippen LogP) is 1.98. The fourth-order valence-electron chi connectivity index (χ4n) is 2.73. The minimum atomic E-state index is -0.179. The Morgan fingerprint density at radius 1 is 1.42 bits per heavy atom. The van der Waals surface area contributed by atoms with Crippen LogP contribution in [0.15, 0.2) is 12.1 Å². The summed E-state index contributed by atoms with van der Waals surface area (Å²) in [5, 5.41) is 12.4. The Kier molecular flexibility index (Phi) is 4.20. The van der Waals surface area contributed by atoms with E-state index in [1.165, 1.54) is 0 Å². The molecule has 0 aromatic carbocycles. The first-order valence-electron chi connectivity index (χ1n) is 6.93. The van der Waals surface area contributed by atoms with Gasteiger partial charge in [0.15, 0.2) is 0 Å². The molecule has 1 saturated carbocycles. The molecule has 0 unspecified atom stereocenters. The molecule has 104 valence electrons. The van der Waals surface area contributed by atoms with Crippen molar-refractivity contribution in [1.29, 1.82) is 0 Å². The number of pyridine rings is 1. The lowest BCUT2D eigenvalue weighted by molar-refractivity contribution is 0.0232. The van der Waals surface area contributed by atoms with Crippen LogP contribution in [0.3, 0.4) is 0 Å². The van der Waals surface area contributed by atoms with Crippen molar-refractivity contribution in [2.24, 2.45) is 5.92 Å². The van der Waals surface area contributed by atoms with Crippen LogP contribution in [0.1, 0.15) is 47.9 Å². The number of aliphatic hydroxyl groups excluding tert-OH is 1. The van der Waals surface area contributed by atoms with Crippen molar-refractivity contribution in [1.82, 2.24) is 10.3 Å². The van der Waals surface area contributed by atoms with Gasteiger partial charge >= 0.3 is 0 Å². The minimum Gasteiger partial charge on any atom is -0.393 e. The molecule has 1 aliphatic carbocycles. The summed E-state index contributed by atoms with van der Waals surface area (Å²) in [7, 11) is 0. The van der Waals surface area contributed by atoms with Crippen LogP contribution in [0.4, 0.5) is 0 Å². The summed E-state index contributed by atoms with van der Waals surface area (Å²) < 4.78 is 0. The number of nitrogens with one attached hydrogen (secondary N) is 1. The minimum absolute atomic E-state index is 0.0400. The number of aryl methyl sites for hydroxylation is 2. The Hall–Kier alpha value is -1.42. The van der Waals surface area contributed by atoms with Crippen LogP contribution in [0.2, 0.25) is 0 Å². The second-order valence-electron chi connectivity index (χ2n) is 5.51. The molecule has 1 aromatic heterocycles. The maximum absolute atomic E-state index is 12.2. The van der Waals surface area contributed by atoms with Crippen LogP contribution in [-0.4, -0.2) is 28.1 Å². The molecule has 0 bridgehead atoms. The van der Waals surface area contributed by atoms with Crippen molar-refractivity contribution in [3.05, 3.63) is 29.1 Å². The lowest BCUT2D eigenvalue weighted by Crippen LogP contribution is -2.46. The predicted molar refractivity (Wildman–Crippen MR) is 74.0 cm³/mol. The van der Waals surface area contributed by atoms with Crippen molar-refractivity contribution in [2.75, 3.05) is 0 Å². The molecule has 1 aromatic rings. The van der Waals surface area contributed by atoms with Crippen LogP contribution in [-0.2, 0) is 0 Å². The summed E-state index contributed by atoms with van der Waals surface area (Å²) in [4.78, 5) is 16.5. The largest absolute Gasteiger partial charge is 0.393 e. The van der Waals surface area contributed by atoms with Crippen LogP contribution >= 0.6 is 0 Å². The number of carbonyl (C=O) groups excluding carboxylic acids is 1. The van der Waals surface area contributed by atoms with E-state index in [0.29, 0.717) is 11.5 Å². The highest BCUT2D eigenvalue weighted by Crippen LogP contribution is 2.31. The molecular weight excluding hydrogens is 240 g/mol. The van der Waals surface area contributed by atoms with Crippen LogP contribution in [0.5, 0.6) is 0 Å². The van der Waals surface area contributed by atoms with Gasteiger partial charge in [-0.15, -0.1) is 0 Å². The summed E-state index contributed by atoms with van der Waals surface area (Å²) in [6, 6.07) is 3.78. The monoisotopic (exact) mass is 262 g/mol. The topological polar surface area (TPSA) is 62.2 Å². The molecule has 2 rings (SSSR count). The molecular formula is C15H22N2O2. The Bertz CT molecular complexity index is 447. The maximum atomic E-state index is 12.2. The fourth-order valence-corrected chi connectivity index (χ4v) is 2.73. The van der Waals surface area contributed by atoms with E-state index in [-0.39, 0.29) is 18.1 Å². The zero-order valence-corrected chi connectivity index (χ0v) is 11.8. The van der Waals surface area contributed by atoms with Crippen LogP contribution in [0.25, 0.3) is 0 Å². The van der Waals surface area contributed by atoms with Crippen LogP contribution in [0, 0.1) is 19.8 Å². The third-order valence-corrected chi connectivity index (χ3v) is 3.82. The van der Waals surface area contributed by atoms with E-state index in [0.717, 1.165) is 30.7 Å². The molecule has 0 spiro atoms. The van der Waals surface area contributed by atoms with Crippen LogP contribution < -0.4 is 5.32 Å². The number of amides is 1. The zero-order chi connectivity index (χ0) is 14.0. The quantitative estimate of drug-likeness (QED) is 0.872. The van der Waals surface area contributed by atoms with Gasteiger partial charge in [-0.2, -0.15) is 0 Å². The third kappa shape index (κ3) is 3.32. The highest BCUT2D eigenvalue weighted by atomic mass is 16.3. The molecule has 1 heterocycles. The zero-order valence-electron chi connectivity index (χ0n) is 11.8. The number of aromatic nitrogens is 1. The molecule has 1 aliphatic rings. The normalized spacial score (nSPS) is 23.6. The SMILES string of the molecule is CC[C@@H](NC(=O)c1cc(C)nc(C)c1)C1CC(O)C1. The first-order valence-corrected chi connectivity index (χ1v) is 6.93. The van der Waals surface area contributed by atoms with E-state index in [2.05, 4.69) is 17.2 Å². The summed E-state index contributed by atoms with van der Waals surface area (Å²) in [5.74, 6) is 0.370. The van der Waals surface area contributed by atoms with E-state index in [1.54, 1.807) is 0 Å². The van der Waals surface area contributed by atoms with E-state index in [4.69, 9.17) is 0 Å². The van der Waals surface area contributed by atoms with E-state index < -0.39 is 0 Å². The number of carbonyl (C=O) groups is 1. The number of rotatable bonds is 4. The van der Waals surface area contributed by atoms with Crippen molar-refractivity contribution in [3.8, 4) is 0 Å². The van der Waals surface area contributed by atoms with Gasteiger partial charge in [-0.25, -0.2) is 0 Å². The first-order chi connectivity index (χ1) is 8.99. The summed E-state index contributed by atoms with van der Waals surface area (Å²) in [6.07, 6.45) is 2.31. The molecule has 0 saturated heterocycles. The average Bonchev–Trinajstić information content (AvgIpc) is 2.31. The van der Waals surface area contributed by atoms with Gasteiger partial charge in [0.05, 0.1) is 6.10 Å². The highest BCUT2D eigenvalue weighted by molar-refractivity contribution is 5.94. The standard InChI is InChI=1S/C15H22N2O2/c1-4-14(11-7-13(18)8-11)17-15(19)12-5-9(2)16-10(3)6-12/h5-6,11,13-14,18H,4,7-8H2,1-3H3,(H,17,19)/t11?,13?,14-/m1/s1. The lowest BCUT2D eigenvalue weighted by Gasteiger charge is -2.37. The summed E-state index contributed by atoms with van der Waals surface area (Å²) in [5.41, 5.74) is 2.39. The molecule has 0 aliphatic heterocycles. The molecule has 19 heavy (non-hydrogen) atoms. The second-order valence-corrected chi connectivity index (χ2v) is 5.51. The van der Waals surface area contributed by atoms with Crippen molar-refractivity contribution >= 4 is 5.91 Å². The molecule has 1 amide bonds. The van der Waals surface area contributed by atoms with E-state index >= 15 is 0 Å². The van der Waals surface area contributed by atoms with E-state index in [1.807, 2.05) is 26.0 Å². The Morgan fingerprint density at radius 3 is 2.47 bits per heavy atom. The number of hydrogen-bond acceptors (Lipinski definition) is 3. The van der Waals surface area contributed by atoms with Gasteiger partial charge in [0.25, 0.3) is 5.91 Å². The van der Waals surface area contributed by atoms with Crippen molar-refractivity contribution in [2.45, 2.75) is 52.2 Å². The van der Waals surface area contributed by atoms with Gasteiger partial charge in [0.2, 0.25) is 0 Å². The Balaban J connectivity index is 2.02. The smallest absolute Gasteiger partial charge is 0.251 e. The fraction of sp³-hybridized carbons (Fsp3) is 0.600. The molecule has 1 atom stereocenters. The summed E-state index contributed by atoms with van der Waals surface area (Å²) in [6.45, 7) is 5.85. The lowest BCUT2D eigenvalue weighted by atomic mass is 9.76. The number of nitrogens with zero attached hydrogens (tertiary/aromatic N) is 1. The van der Waals surface area contributed by atoms with Gasteiger partial charge in [-0.1, -0.05) is 6.92 Å². The molecule has 1 fully saturated rings. The van der Waals surface area contributed by atoms with Crippen molar-refractivity contribution < 1.29 is 9.90 Å².